The van der Waals surface area contributed by atoms with Gasteiger partial charge in [0.05, 0.1) is 12.3 Å². The average Bonchev–Trinajstić information content (AvgIpc) is 3.35. The van der Waals surface area contributed by atoms with Gasteiger partial charge in [-0.15, -0.1) is 10.2 Å². The van der Waals surface area contributed by atoms with E-state index in [1.54, 1.807) is 13.8 Å². The number of nitrogens with one attached hydrogen (secondary N) is 1. The Balaban J connectivity index is 1.93. The predicted molar refractivity (Wildman–Crippen MR) is 99.6 cm³/mol. The van der Waals surface area contributed by atoms with Gasteiger partial charge in [0.15, 0.2) is 5.16 Å². The van der Waals surface area contributed by atoms with Gasteiger partial charge in [0, 0.05) is 18.5 Å². The maximum atomic E-state index is 12.0. The van der Waals surface area contributed by atoms with Gasteiger partial charge in [0.25, 0.3) is 0 Å². The van der Waals surface area contributed by atoms with E-state index >= 15 is 0 Å². The van der Waals surface area contributed by atoms with Crippen LogP contribution in [-0.2, 0) is 14.3 Å². The number of nitrogens with zero attached hydrogens (tertiary/aromatic N) is 3. The van der Waals surface area contributed by atoms with Crippen LogP contribution in [-0.4, -0.2) is 38.5 Å². The summed E-state index contributed by atoms with van der Waals surface area (Å²) in [4.78, 5) is 23.3. The van der Waals surface area contributed by atoms with Crippen LogP contribution in [0.3, 0.4) is 0 Å². The first kappa shape index (κ1) is 18.4. The summed E-state index contributed by atoms with van der Waals surface area (Å²) in [5, 5.41) is 11.7. The normalized spacial score (nSPS) is 14.7. The maximum Gasteiger partial charge on any atom is 0.319 e. The highest BCUT2D eigenvalue weighted by molar-refractivity contribution is 8.00. The molecule has 8 heteroatoms. The molecule has 26 heavy (non-hydrogen) atoms. The molecule has 1 aromatic heterocycles. The van der Waals surface area contributed by atoms with Crippen LogP contribution in [0.15, 0.2) is 29.4 Å². The molecule has 1 amide bonds. The van der Waals surface area contributed by atoms with Gasteiger partial charge in [-0.3, -0.25) is 14.2 Å². The molecule has 1 aromatic carbocycles. The van der Waals surface area contributed by atoms with E-state index in [0.29, 0.717) is 23.4 Å². The number of rotatable bonds is 7. The summed E-state index contributed by atoms with van der Waals surface area (Å²) in [6.07, 6.45) is 2.17. The lowest BCUT2D eigenvalue weighted by atomic mass is 10.2. The molecule has 7 nitrogen and oxygen atoms in total. The number of thioether (sulfide) groups is 1. The van der Waals surface area contributed by atoms with E-state index in [9.17, 15) is 9.59 Å². The molecule has 1 heterocycles. The summed E-state index contributed by atoms with van der Waals surface area (Å²) in [6.45, 7) is 5.41. The number of esters is 1. The quantitative estimate of drug-likeness (QED) is 0.592. The van der Waals surface area contributed by atoms with E-state index in [4.69, 9.17) is 4.74 Å². The lowest BCUT2D eigenvalue weighted by molar-refractivity contribution is -0.142. The molecule has 1 unspecified atom stereocenters. The fourth-order valence-electron chi connectivity index (χ4n) is 2.60. The van der Waals surface area contributed by atoms with Crippen LogP contribution in [0.5, 0.6) is 0 Å². The van der Waals surface area contributed by atoms with Crippen LogP contribution in [0, 0.1) is 0 Å². The molecular formula is C18H22N4O3S. The molecule has 2 aromatic rings. The minimum Gasteiger partial charge on any atom is -0.465 e. The molecule has 1 saturated carbocycles. The second kappa shape index (κ2) is 7.90. The molecular weight excluding hydrogens is 352 g/mol. The summed E-state index contributed by atoms with van der Waals surface area (Å²) in [5.41, 5.74) is 1.57. The van der Waals surface area contributed by atoms with Crippen molar-refractivity contribution < 1.29 is 14.3 Å². The Morgan fingerprint density at radius 2 is 2.15 bits per heavy atom. The molecule has 0 saturated heterocycles. The molecule has 1 aliphatic carbocycles. The molecule has 1 aliphatic rings. The van der Waals surface area contributed by atoms with Crippen molar-refractivity contribution in [1.82, 2.24) is 14.8 Å². The summed E-state index contributed by atoms with van der Waals surface area (Å²) in [7, 11) is 0. The zero-order valence-electron chi connectivity index (χ0n) is 15.1. The third kappa shape index (κ3) is 4.24. The predicted octanol–water partition coefficient (Wildman–Crippen LogP) is 3.15. The van der Waals surface area contributed by atoms with Gasteiger partial charge < -0.3 is 10.1 Å². The molecule has 0 bridgehead atoms. The van der Waals surface area contributed by atoms with Gasteiger partial charge in [-0.05, 0) is 44.9 Å². The van der Waals surface area contributed by atoms with E-state index in [0.717, 1.165) is 24.4 Å². The van der Waals surface area contributed by atoms with Crippen LogP contribution >= 0.6 is 11.8 Å². The Morgan fingerprint density at radius 3 is 2.81 bits per heavy atom. The summed E-state index contributed by atoms with van der Waals surface area (Å²) in [6, 6.07) is 7.54. The Morgan fingerprint density at radius 1 is 1.38 bits per heavy atom. The number of carbonyl (C=O) groups excluding carboxylic acids is 2. The zero-order chi connectivity index (χ0) is 18.7. The average molecular weight is 374 g/mol. The third-order valence-electron chi connectivity index (χ3n) is 3.93. The molecule has 3 rings (SSSR count). The van der Waals surface area contributed by atoms with E-state index in [-0.39, 0.29) is 17.1 Å². The maximum absolute atomic E-state index is 12.0. The smallest absolute Gasteiger partial charge is 0.319 e. The molecule has 138 valence electrons. The molecule has 1 atom stereocenters. The van der Waals surface area contributed by atoms with Crippen LogP contribution in [0.25, 0.3) is 5.69 Å². The molecule has 1 N–H and O–H groups in total. The number of carbonyl (C=O) groups is 2. The molecule has 0 aliphatic heterocycles. The number of amides is 1. The van der Waals surface area contributed by atoms with Crippen molar-refractivity contribution in [3.63, 3.8) is 0 Å². The number of anilines is 1. The van der Waals surface area contributed by atoms with Crippen molar-refractivity contribution in [3.8, 4) is 5.69 Å². The van der Waals surface area contributed by atoms with Crippen molar-refractivity contribution in [2.75, 3.05) is 11.9 Å². The van der Waals surface area contributed by atoms with Gasteiger partial charge in [-0.25, -0.2) is 0 Å². The fourth-order valence-corrected chi connectivity index (χ4v) is 3.47. The molecule has 1 fully saturated rings. The summed E-state index contributed by atoms with van der Waals surface area (Å²) in [5.74, 6) is 0.883. The van der Waals surface area contributed by atoms with Crippen molar-refractivity contribution in [3.05, 3.63) is 30.1 Å². The highest BCUT2D eigenvalue weighted by Gasteiger charge is 2.32. The van der Waals surface area contributed by atoms with Gasteiger partial charge >= 0.3 is 5.97 Å². The Labute approximate surface area is 156 Å². The minimum absolute atomic E-state index is 0.126. The lowest BCUT2D eigenvalue weighted by Gasteiger charge is -2.14. The largest absolute Gasteiger partial charge is 0.465 e. The van der Waals surface area contributed by atoms with Crippen LogP contribution in [0.1, 0.15) is 45.4 Å². The zero-order valence-corrected chi connectivity index (χ0v) is 15.9. The highest BCUT2D eigenvalue weighted by atomic mass is 32.2. The van der Waals surface area contributed by atoms with Crippen LogP contribution in [0.4, 0.5) is 5.69 Å². The second-order valence-corrected chi connectivity index (χ2v) is 7.50. The number of hydrogen-bond acceptors (Lipinski definition) is 6. The third-order valence-corrected chi connectivity index (χ3v) is 4.95. The standard InChI is InChI=1S/C18H22N4O3S/c1-4-25-17(24)11(2)26-18-21-20-16(13-8-9-13)22(18)15-7-5-6-14(10-15)19-12(3)23/h5-7,10-11,13H,4,8-9H2,1-3H3,(H,19,23). The van der Waals surface area contributed by atoms with Gasteiger partial charge in [-0.2, -0.15) is 0 Å². The van der Waals surface area contributed by atoms with Gasteiger partial charge in [0.1, 0.15) is 11.1 Å². The first-order valence-corrected chi connectivity index (χ1v) is 9.54. The van der Waals surface area contributed by atoms with E-state index in [2.05, 4.69) is 15.5 Å². The topological polar surface area (TPSA) is 86.1 Å². The van der Waals surface area contributed by atoms with Gasteiger partial charge in [-0.1, -0.05) is 17.8 Å². The summed E-state index contributed by atoms with van der Waals surface area (Å²) >= 11 is 1.33. The van der Waals surface area contributed by atoms with Crippen molar-refractivity contribution in [2.45, 2.75) is 49.9 Å². The first-order valence-electron chi connectivity index (χ1n) is 8.66. The first-order chi connectivity index (χ1) is 12.5. The van der Waals surface area contributed by atoms with Crippen molar-refractivity contribution in [1.29, 1.82) is 0 Å². The van der Waals surface area contributed by atoms with E-state index in [1.165, 1.54) is 18.7 Å². The lowest BCUT2D eigenvalue weighted by Crippen LogP contribution is -2.17. The van der Waals surface area contributed by atoms with Crippen molar-refractivity contribution in [2.24, 2.45) is 0 Å². The SMILES string of the molecule is CCOC(=O)C(C)Sc1nnc(C2CC2)n1-c1cccc(NC(C)=O)c1. The second-order valence-electron chi connectivity index (χ2n) is 6.19. The Bertz CT molecular complexity index is 817. The number of benzene rings is 1. The number of hydrogen-bond donors (Lipinski definition) is 1. The summed E-state index contributed by atoms with van der Waals surface area (Å²) < 4.78 is 7.06. The highest BCUT2D eigenvalue weighted by Crippen LogP contribution is 2.41. The van der Waals surface area contributed by atoms with E-state index < -0.39 is 0 Å². The van der Waals surface area contributed by atoms with Crippen LogP contribution < -0.4 is 5.32 Å². The van der Waals surface area contributed by atoms with Gasteiger partial charge in [0.2, 0.25) is 5.91 Å². The Hall–Kier alpha value is -2.35. The monoisotopic (exact) mass is 374 g/mol. The molecule has 0 radical (unpaired) electrons. The fraction of sp³-hybridized carbons (Fsp3) is 0.444. The van der Waals surface area contributed by atoms with Crippen molar-refractivity contribution >= 4 is 29.3 Å². The van der Waals surface area contributed by atoms with E-state index in [1.807, 2.05) is 28.8 Å². The minimum atomic E-state index is -0.386. The Kier molecular flexibility index (Phi) is 5.61. The molecule has 0 spiro atoms. The van der Waals surface area contributed by atoms with Crippen LogP contribution in [0.2, 0.25) is 0 Å². The number of aromatic nitrogens is 3. The number of ether oxygens (including phenoxy) is 1.